The lowest BCUT2D eigenvalue weighted by Crippen LogP contribution is -2.22. The van der Waals surface area contributed by atoms with Gasteiger partial charge in [-0.25, -0.2) is 8.78 Å². The predicted molar refractivity (Wildman–Crippen MR) is 121 cm³/mol. The minimum atomic E-state index is -0.328. The molecule has 164 valence electrons. The topological polar surface area (TPSA) is 92.7 Å². The maximum absolute atomic E-state index is 13.0. The van der Waals surface area contributed by atoms with Crippen LogP contribution in [0.15, 0.2) is 52.9 Å². The molecular weight excluding hydrogens is 474 g/mol. The number of nitrogens with one attached hydrogen (secondary N) is 2. The van der Waals surface area contributed by atoms with E-state index in [2.05, 4.69) is 31.0 Å². The Hall–Kier alpha value is -2.96. The molecule has 0 unspecified atom stereocenters. The number of rotatable bonds is 9. The lowest BCUT2D eigenvalue weighted by atomic mass is 10.2. The lowest BCUT2D eigenvalue weighted by molar-refractivity contribution is 0.0950. The highest BCUT2D eigenvalue weighted by atomic mass is 32.2. The Labute approximate surface area is 194 Å². The van der Waals surface area contributed by atoms with Gasteiger partial charge in [0.1, 0.15) is 16.6 Å². The van der Waals surface area contributed by atoms with E-state index in [4.69, 9.17) is 0 Å². The summed E-state index contributed by atoms with van der Waals surface area (Å²) < 4.78 is 26.7. The molecule has 2 heterocycles. The number of benzene rings is 2. The molecule has 0 bridgehead atoms. The van der Waals surface area contributed by atoms with Crippen LogP contribution in [0.1, 0.15) is 25.9 Å². The Kier molecular flexibility index (Phi) is 7.35. The van der Waals surface area contributed by atoms with Gasteiger partial charge in [0, 0.05) is 13.1 Å². The standard InChI is InChI=1S/C20H16F2N6OS3/c21-14-5-1-12(2-6-14)9-23-17(29)18-26-25-16(31-18)11-30-20-28-27-19(32-20)24-10-13-3-7-15(22)8-4-13/h1-8H,9-11H2,(H,23,29)(H,24,27). The molecule has 2 N–H and O–H groups in total. The summed E-state index contributed by atoms with van der Waals surface area (Å²) in [6.45, 7) is 0.799. The normalized spacial score (nSPS) is 10.8. The molecule has 32 heavy (non-hydrogen) atoms. The maximum atomic E-state index is 13.0. The van der Waals surface area contributed by atoms with Crippen molar-refractivity contribution in [3.63, 3.8) is 0 Å². The van der Waals surface area contributed by atoms with Crippen molar-refractivity contribution in [3.8, 4) is 0 Å². The molecule has 0 aliphatic carbocycles. The van der Waals surface area contributed by atoms with Crippen LogP contribution in [-0.4, -0.2) is 26.3 Å². The third kappa shape index (κ3) is 6.28. The number of carbonyl (C=O) groups is 1. The summed E-state index contributed by atoms with van der Waals surface area (Å²) in [6, 6.07) is 12.2. The Morgan fingerprint density at radius 1 is 0.844 bits per heavy atom. The number of anilines is 1. The van der Waals surface area contributed by atoms with Crippen LogP contribution >= 0.6 is 34.4 Å². The molecule has 1 amide bonds. The van der Waals surface area contributed by atoms with Gasteiger partial charge in [-0.15, -0.1) is 20.4 Å². The first-order chi connectivity index (χ1) is 15.5. The molecule has 0 fully saturated rings. The van der Waals surface area contributed by atoms with Gasteiger partial charge >= 0.3 is 0 Å². The number of nitrogens with zero attached hydrogens (tertiary/aromatic N) is 4. The molecule has 4 aromatic rings. The van der Waals surface area contributed by atoms with E-state index in [1.807, 2.05) is 0 Å². The Balaban J connectivity index is 1.23. The second kappa shape index (κ2) is 10.6. The molecule has 12 heteroatoms. The summed E-state index contributed by atoms with van der Waals surface area (Å²) in [4.78, 5) is 12.2. The first-order valence-electron chi connectivity index (χ1n) is 9.35. The van der Waals surface area contributed by atoms with Crippen LogP contribution in [-0.2, 0) is 18.8 Å². The summed E-state index contributed by atoms with van der Waals surface area (Å²) in [6.07, 6.45) is 0. The van der Waals surface area contributed by atoms with Gasteiger partial charge in [0.25, 0.3) is 5.91 Å². The number of amides is 1. The minimum absolute atomic E-state index is 0.265. The molecule has 0 saturated heterocycles. The molecule has 0 aliphatic rings. The highest BCUT2D eigenvalue weighted by molar-refractivity contribution is 8.00. The number of hydrogen-bond donors (Lipinski definition) is 2. The summed E-state index contributed by atoms with van der Waals surface area (Å²) in [5, 5.41) is 23.7. The average molecular weight is 491 g/mol. The summed E-state index contributed by atoms with van der Waals surface area (Å²) in [5.41, 5.74) is 1.73. The summed E-state index contributed by atoms with van der Waals surface area (Å²) >= 11 is 4.06. The Morgan fingerprint density at radius 2 is 1.50 bits per heavy atom. The molecule has 0 radical (unpaired) electrons. The second-order valence-electron chi connectivity index (χ2n) is 6.45. The van der Waals surface area contributed by atoms with Gasteiger partial charge in [0.2, 0.25) is 10.1 Å². The van der Waals surface area contributed by atoms with E-state index < -0.39 is 0 Å². The number of carbonyl (C=O) groups excluding carboxylic acids is 1. The van der Waals surface area contributed by atoms with Crippen molar-refractivity contribution in [2.75, 3.05) is 5.32 Å². The van der Waals surface area contributed by atoms with Gasteiger partial charge in [-0.3, -0.25) is 4.79 Å². The minimum Gasteiger partial charge on any atom is -0.356 e. The van der Waals surface area contributed by atoms with Crippen LogP contribution in [0.3, 0.4) is 0 Å². The number of thioether (sulfide) groups is 1. The van der Waals surface area contributed by atoms with Crippen LogP contribution < -0.4 is 10.6 Å². The zero-order valence-electron chi connectivity index (χ0n) is 16.4. The van der Waals surface area contributed by atoms with Gasteiger partial charge in [-0.1, -0.05) is 58.7 Å². The van der Waals surface area contributed by atoms with Gasteiger partial charge in [-0.05, 0) is 35.4 Å². The maximum Gasteiger partial charge on any atom is 0.282 e. The quantitative estimate of drug-likeness (QED) is 0.334. The first-order valence-corrected chi connectivity index (χ1v) is 12.0. The van der Waals surface area contributed by atoms with Crippen molar-refractivity contribution in [1.29, 1.82) is 0 Å². The fourth-order valence-electron chi connectivity index (χ4n) is 2.51. The predicted octanol–water partition coefficient (Wildman–Crippen LogP) is 4.50. The molecule has 7 nitrogen and oxygen atoms in total. The van der Waals surface area contributed by atoms with Crippen LogP contribution in [0.4, 0.5) is 13.9 Å². The van der Waals surface area contributed by atoms with Crippen LogP contribution in [0, 0.1) is 11.6 Å². The molecule has 0 spiro atoms. The van der Waals surface area contributed by atoms with E-state index in [1.165, 1.54) is 58.7 Å². The van der Waals surface area contributed by atoms with E-state index in [-0.39, 0.29) is 29.1 Å². The van der Waals surface area contributed by atoms with Crippen molar-refractivity contribution in [3.05, 3.63) is 81.3 Å². The monoisotopic (exact) mass is 490 g/mol. The van der Waals surface area contributed by atoms with Crippen molar-refractivity contribution in [2.45, 2.75) is 23.2 Å². The third-order valence-electron chi connectivity index (χ3n) is 4.11. The second-order valence-corrected chi connectivity index (χ2v) is 9.71. The number of halogens is 2. The van der Waals surface area contributed by atoms with Gasteiger partial charge < -0.3 is 10.6 Å². The number of hydrogen-bond acceptors (Lipinski definition) is 9. The smallest absolute Gasteiger partial charge is 0.282 e. The van der Waals surface area contributed by atoms with Crippen LogP contribution in [0.5, 0.6) is 0 Å². The zero-order chi connectivity index (χ0) is 22.3. The fourth-order valence-corrected chi connectivity index (χ4v) is 5.00. The van der Waals surface area contributed by atoms with Crippen LogP contribution in [0.25, 0.3) is 0 Å². The highest BCUT2D eigenvalue weighted by Crippen LogP contribution is 2.29. The summed E-state index contributed by atoms with van der Waals surface area (Å²) in [5.74, 6) is -0.410. The molecule has 2 aromatic carbocycles. The van der Waals surface area contributed by atoms with E-state index >= 15 is 0 Å². The van der Waals surface area contributed by atoms with Gasteiger partial charge in [-0.2, -0.15) is 0 Å². The van der Waals surface area contributed by atoms with Crippen molar-refractivity contribution in [2.24, 2.45) is 0 Å². The van der Waals surface area contributed by atoms with Gasteiger partial charge in [0.05, 0.1) is 5.75 Å². The third-order valence-corrected chi connectivity index (χ3v) is 7.24. The molecule has 0 saturated carbocycles. The SMILES string of the molecule is O=C(NCc1ccc(F)cc1)c1nnc(CSc2nnc(NCc3ccc(F)cc3)s2)s1. The van der Waals surface area contributed by atoms with Gasteiger partial charge in [0.15, 0.2) is 4.34 Å². The Morgan fingerprint density at radius 3 is 2.19 bits per heavy atom. The zero-order valence-corrected chi connectivity index (χ0v) is 18.9. The largest absolute Gasteiger partial charge is 0.356 e. The first kappa shape index (κ1) is 22.2. The molecule has 2 aromatic heterocycles. The van der Waals surface area contributed by atoms with Crippen molar-refractivity contribution >= 4 is 45.5 Å². The molecule has 0 atom stereocenters. The Bertz CT molecular complexity index is 1180. The van der Waals surface area contributed by atoms with E-state index in [0.29, 0.717) is 22.4 Å². The average Bonchev–Trinajstić information content (AvgIpc) is 3.46. The van der Waals surface area contributed by atoms with E-state index in [1.54, 1.807) is 24.3 Å². The molecular formula is C20H16F2N6OS3. The summed E-state index contributed by atoms with van der Waals surface area (Å²) in [7, 11) is 0. The van der Waals surface area contributed by atoms with E-state index in [0.717, 1.165) is 15.5 Å². The van der Waals surface area contributed by atoms with Crippen molar-refractivity contribution in [1.82, 2.24) is 25.7 Å². The number of aromatic nitrogens is 4. The highest BCUT2D eigenvalue weighted by Gasteiger charge is 2.14. The molecule has 4 rings (SSSR count). The van der Waals surface area contributed by atoms with E-state index in [9.17, 15) is 13.6 Å². The fraction of sp³-hybridized carbons (Fsp3) is 0.150. The molecule has 0 aliphatic heterocycles. The van der Waals surface area contributed by atoms with Crippen LogP contribution in [0.2, 0.25) is 0 Å². The lowest BCUT2D eigenvalue weighted by Gasteiger charge is -2.02. The van der Waals surface area contributed by atoms with Crippen molar-refractivity contribution < 1.29 is 13.6 Å².